The predicted molar refractivity (Wildman–Crippen MR) is 100 cm³/mol. The lowest BCUT2D eigenvalue weighted by Gasteiger charge is -2.23. The van der Waals surface area contributed by atoms with E-state index in [9.17, 15) is 4.79 Å². The summed E-state index contributed by atoms with van der Waals surface area (Å²) < 4.78 is 20.8. The number of carbonyl (C=O) groups excluding carboxylic acids is 1. The van der Waals surface area contributed by atoms with Crippen molar-refractivity contribution in [3.63, 3.8) is 0 Å². The number of rotatable bonds is 10. The van der Waals surface area contributed by atoms with Crippen molar-refractivity contribution in [3.8, 4) is 11.5 Å². The van der Waals surface area contributed by atoms with Crippen molar-refractivity contribution in [1.29, 1.82) is 0 Å². The van der Waals surface area contributed by atoms with E-state index in [1.54, 1.807) is 31.4 Å². The molecule has 0 aliphatic heterocycles. The van der Waals surface area contributed by atoms with Crippen LogP contribution in [0.2, 0.25) is 0 Å². The first-order chi connectivity index (χ1) is 12.7. The van der Waals surface area contributed by atoms with E-state index in [-0.39, 0.29) is 6.61 Å². The van der Waals surface area contributed by atoms with Gasteiger partial charge < -0.3 is 23.8 Å². The third-order valence-electron chi connectivity index (χ3n) is 3.70. The molecule has 6 heteroatoms. The second kappa shape index (κ2) is 11.0. The molecule has 0 bridgehead atoms. The smallest absolute Gasteiger partial charge is 0.497 e. The molecule has 0 heterocycles. The van der Waals surface area contributed by atoms with Crippen LogP contribution < -0.4 is 14.4 Å². The zero-order valence-corrected chi connectivity index (χ0v) is 15.2. The molecular formula is C20H25NO5. The number of nitrogens with zero attached hydrogens (tertiary/aromatic N) is 1. The van der Waals surface area contributed by atoms with Crippen LogP contribution in [0.25, 0.3) is 0 Å². The molecule has 0 unspecified atom stereocenters. The van der Waals surface area contributed by atoms with Crippen LogP contribution in [0.15, 0.2) is 54.6 Å². The molecule has 0 spiro atoms. The minimum absolute atomic E-state index is 0.150. The third kappa shape index (κ3) is 6.64. The van der Waals surface area contributed by atoms with Crippen molar-refractivity contribution in [3.05, 3.63) is 54.6 Å². The summed E-state index contributed by atoms with van der Waals surface area (Å²) >= 11 is 0. The summed E-state index contributed by atoms with van der Waals surface area (Å²) in [7, 11) is 1.65. The van der Waals surface area contributed by atoms with Gasteiger partial charge in [0.1, 0.15) is 18.1 Å². The van der Waals surface area contributed by atoms with Gasteiger partial charge in [-0.1, -0.05) is 24.3 Å². The molecule has 0 aromatic heterocycles. The van der Waals surface area contributed by atoms with Gasteiger partial charge in [-0.3, -0.25) is 0 Å². The Morgan fingerprint density at radius 1 is 0.962 bits per heavy atom. The number of benzene rings is 2. The number of hydrogen-bond acceptors (Lipinski definition) is 6. The lowest BCUT2D eigenvalue weighted by molar-refractivity contribution is 0.0541. The van der Waals surface area contributed by atoms with Crippen LogP contribution in [0.1, 0.15) is 6.92 Å². The van der Waals surface area contributed by atoms with Crippen LogP contribution in [0, 0.1) is 0 Å². The number of anilines is 1. The Morgan fingerprint density at radius 2 is 1.73 bits per heavy atom. The molecule has 0 fully saturated rings. The van der Waals surface area contributed by atoms with Gasteiger partial charge in [0.05, 0.1) is 20.3 Å². The van der Waals surface area contributed by atoms with Gasteiger partial charge >= 0.3 is 6.16 Å². The van der Waals surface area contributed by atoms with Crippen molar-refractivity contribution in [1.82, 2.24) is 0 Å². The Morgan fingerprint density at radius 3 is 2.46 bits per heavy atom. The zero-order valence-electron chi connectivity index (χ0n) is 15.2. The summed E-state index contributed by atoms with van der Waals surface area (Å²) in [6.07, 6.45) is -0.730. The van der Waals surface area contributed by atoms with Gasteiger partial charge in [0.25, 0.3) is 0 Å². The molecule has 0 saturated carbocycles. The molecule has 0 N–H and O–H groups in total. The largest absolute Gasteiger partial charge is 0.513 e. The number of likely N-dealkylation sites (N-methyl/N-ethyl adjacent to an activating group) is 1. The normalized spacial score (nSPS) is 10.2. The molecule has 0 saturated heterocycles. The van der Waals surface area contributed by atoms with Gasteiger partial charge in [0.2, 0.25) is 0 Å². The van der Waals surface area contributed by atoms with Gasteiger partial charge in [-0.25, -0.2) is 4.79 Å². The maximum atomic E-state index is 11.5. The van der Waals surface area contributed by atoms with Crippen molar-refractivity contribution >= 4 is 11.8 Å². The van der Waals surface area contributed by atoms with E-state index in [1.807, 2.05) is 30.3 Å². The standard InChI is InChI=1S/C20H25NO5/c1-3-21(17-8-7-11-19(16-17)23-2)12-13-24-14-15-25-20(22)26-18-9-5-4-6-10-18/h4-11,16H,3,12-15H2,1-2H3. The van der Waals surface area contributed by atoms with E-state index in [2.05, 4.69) is 11.8 Å². The van der Waals surface area contributed by atoms with Crippen LogP contribution in [0.4, 0.5) is 10.5 Å². The molecule has 2 aromatic carbocycles. The summed E-state index contributed by atoms with van der Waals surface area (Å²) in [6, 6.07) is 16.7. The topological polar surface area (TPSA) is 57.2 Å². The summed E-state index contributed by atoms with van der Waals surface area (Å²) in [5, 5.41) is 0. The molecule has 0 aliphatic carbocycles. The SMILES string of the molecule is CCN(CCOCCOC(=O)Oc1ccccc1)c1cccc(OC)c1. The summed E-state index contributed by atoms with van der Waals surface area (Å²) in [5.41, 5.74) is 1.08. The monoisotopic (exact) mass is 359 g/mol. The van der Waals surface area contributed by atoms with Crippen LogP contribution in [-0.4, -0.2) is 46.2 Å². The number of hydrogen-bond donors (Lipinski definition) is 0. The van der Waals surface area contributed by atoms with E-state index < -0.39 is 6.16 Å². The summed E-state index contributed by atoms with van der Waals surface area (Å²) in [4.78, 5) is 13.7. The zero-order chi connectivity index (χ0) is 18.6. The minimum Gasteiger partial charge on any atom is -0.497 e. The minimum atomic E-state index is -0.730. The average Bonchev–Trinajstić information content (AvgIpc) is 2.68. The maximum absolute atomic E-state index is 11.5. The molecule has 2 rings (SSSR count). The average molecular weight is 359 g/mol. The van der Waals surface area contributed by atoms with Crippen molar-refractivity contribution in [2.45, 2.75) is 6.92 Å². The van der Waals surface area contributed by atoms with Crippen LogP contribution in [0.3, 0.4) is 0 Å². The lowest BCUT2D eigenvalue weighted by Crippen LogP contribution is -2.27. The molecule has 26 heavy (non-hydrogen) atoms. The van der Waals surface area contributed by atoms with Crippen molar-refractivity contribution in [2.24, 2.45) is 0 Å². The highest BCUT2D eigenvalue weighted by atomic mass is 16.7. The van der Waals surface area contributed by atoms with Crippen LogP contribution >= 0.6 is 0 Å². The fraction of sp³-hybridized carbons (Fsp3) is 0.350. The Bertz CT molecular complexity index is 662. The maximum Gasteiger partial charge on any atom is 0.513 e. The molecule has 140 valence electrons. The Kier molecular flexibility index (Phi) is 8.29. The van der Waals surface area contributed by atoms with E-state index in [0.29, 0.717) is 19.0 Å². The Labute approximate surface area is 154 Å². The number of carbonyl (C=O) groups is 1. The third-order valence-corrected chi connectivity index (χ3v) is 3.70. The summed E-state index contributed by atoms with van der Waals surface area (Å²) in [6.45, 7) is 4.68. The highest BCUT2D eigenvalue weighted by Gasteiger charge is 2.07. The number of methoxy groups -OCH3 is 1. The molecule has 2 aromatic rings. The predicted octanol–water partition coefficient (Wildman–Crippen LogP) is 3.75. The highest BCUT2D eigenvalue weighted by molar-refractivity contribution is 5.63. The van der Waals surface area contributed by atoms with Gasteiger partial charge in [-0.2, -0.15) is 0 Å². The van der Waals surface area contributed by atoms with Crippen LogP contribution in [0.5, 0.6) is 11.5 Å². The number of ether oxygens (including phenoxy) is 4. The van der Waals surface area contributed by atoms with E-state index in [0.717, 1.165) is 24.5 Å². The first-order valence-electron chi connectivity index (χ1n) is 8.59. The quantitative estimate of drug-likeness (QED) is 0.366. The highest BCUT2D eigenvalue weighted by Crippen LogP contribution is 2.20. The van der Waals surface area contributed by atoms with Crippen LogP contribution in [-0.2, 0) is 9.47 Å². The first-order valence-corrected chi connectivity index (χ1v) is 8.59. The van der Waals surface area contributed by atoms with Gasteiger partial charge in [0, 0.05) is 24.8 Å². The molecular weight excluding hydrogens is 334 g/mol. The molecule has 0 atom stereocenters. The van der Waals surface area contributed by atoms with E-state index in [1.165, 1.54) is 0 Å². The molecule has 0 radical (unpaired) electrons. The van der Waals surface area contributed by atoms with Crippen molar-refractivity contribution < 1.29 is 23.7 Å². The second-order valence-electron chi connectivity index (χ2n) is 5.41. The fourth-order valence-electron chi connectivity index (χ4n) is 2.35. The first kappa shape index (κ1) is 19.6. The molecule has 6 nitrogen and oxygen atoms in total. The Balaban J connectivity index is 1.62. The van der Waals surface area contributed by atoms with Gasteiger partial charge in [-0.15, -0.1) is 0 Å². The van der Waals surface area contributed by atoms with E-state index >= 15 is 0 Å². The Hall–Kier alpha value is -2.73. The second-order valence-corrected chi connectivity index (χ2v) is 5.41. The fourth-order valence-corrected chi connectivity index (χ4v) is 2.35. The van der Waals surface area contributed by atoms with Crippen molar-refractivity contribution in [2.75, 3.05) is 44.9 Å². The van der Waals surface area contributed by atoms with Gasteiger partial charge in [-0.05, 0) is 31.2 Å². The number of para-hydroxylation sites is 1. The molecule has 0 amide bonds. The van der Waals surface area contributed by atoms with Gasteiger partial charge in [0.15, 0.2) is 0 Å². The lowest BCUT2D eigenvalue weighted by atomic mass is 10.2. The summed E-state index contributed by atoms with van der Waals surface area (Å²) in [5.74, 6) is 1.28. The molecule has 0 aliphatic rings. The van der Waals surface area contributed by atoms with E-state index in [4.69, 9.17) is 18.9 Å².